The fourth-order valence-corrected chi connectivity index (χ4v) is 2.20. The van der Waals surface area contributed by atoms with Crippen LogP contribution in [0.15, 0.2) is 24.3 Å². The third kappa shape index (κ3) is 2.87. The van der Waals surface area contributed by atoms with Gasteiger partial charge in [0.25, 0.3) is 0 Å². The van der Waals surface area contributed by atoms with Crippen LogP contribution in [-0.4, -0.2) is 17.4 Å². The Kier molecular flexibility index (Phi) is 3.23. The Bertz CT molecular complexity index is 400. The summed E-state index contributed by atoms with van der Waals surface area (Å²) in [7, 11) is 0. The van der Waals surface area contributed by atoms with E-state index in [0.29, 0.717) is 5.91 Å². The Morgan fingerprint density at radius 2 is 1.82 bits per heavy atom. The second-order valence-corrected chi connectivity index (χ2v) is 5.87. The summed E-state index contributed by atoms with van der Waals surface area (Å²) in [4.78, 5) is 13.5. The minimum absolute atomic E-state index is 0.196. The maximum atomic E-state index is 11.5. The number of carbonyl (C=O) groups is 1. The van der Waals surface area contributed by atoms with Crippen molar-refractivity contribution in [1.29, 1.82) is 0 Å². The van der Waals surface area contributed by atoms with Crippen molar-refractivity contribution < 1.29 is 4.79 Å². The molecule has 1 fully saturated rings. The normalized spacial score (nSPS) is 16.6. The first-order valence-electron chi connectivity index (χ1n) is 6.34. The van der Waals surface area contributed by atoms with E-state index in [1.54, 1.807) is 0 Å². The number of rotatable bonds is 2. The molecule has 0 unspecified atom stereocenters. The molecule has 0 aromatic heterocycles. The molecule has 1 amide bonds. The van der Waals surface area contributed by atoms with Crippen LogP contribution in [-0.2, 0) is 16.8 Å². The summed E-state index contributed by atoms with van der Waals surface area (Å²) in [6, 6.07) is 8.64. The van der Waals surface area contributed by atoms with Crippen LogP contribution in [0.2, 0.25) is 0 Å². The lowest BCUT2D eigenvalue weighted by Crippen LogP contribution is -2.23. The van der Waals surface area contributed by atoms with Crippen LogP contribution in [0.25, 0.3) is 0 Å². The highest BCUT2D eigenvalue weighted by molar-refractivity contribution is 5.78. The molecule has 1 aliphatic rings. The van der Waals surface area contributed by atoms with Crippen molar-refractivity contribution >= 4 is 5.91 Å². The van der Waals surface area contributed by atoms with Gasteiger partial charge in [0.15, 0.2) is 0 Å². The first-order valence-corrected chi connectivity index (χ1v) is 6.34. The van der Waals surface area contributed by atoms with E-state index >= 15 is 0 Å². The number of benzene rings is 1. The summed E-state index contributed by atoms with van der Waals surface area (Å²) in [5.41, 5.74) is 2.77. The Hall–Kier alpha value is -1.31. The summed E-state index contributed by atoms with van der Waals surface area (Å²) >= 11 is 0. The zero-order valence-electron chi connectivity index (χ0n) is 11.0. The Morgan fingerprint density at radius 3 is 2.29 bits per heavy atom. The molecule has 1 aromatic rings. The summed E-state index contributed by atoms with van der Waals surface area (Å²) in [6.45, 7) is 8.33. The van der Waals surface area contributed by atoms with Crippen LogP contribution in [0.1, 0.15) is 44.7 Å². The zero-order chi connectivity index (χ0) is 12.5. The molecule has 0 saturated carbocycles. The lowest BCUT2D eigenvalue weighted by Gasteiger charge is -2.20. The second kappa shape index (κ2) is 4.52. The van der Waals surface area contributed by atoms with E-state index in [4.69, 9.17) is 0 Å². The van der Waals surface area contributed by atoms with Gasteiger partial charge < -0.3 is 4.90 Å². The molecule has 1 heterocycles. The first-order chi connectivity index (χ1) is 7.97. The summed E-state index contributed by atoms with van der Waals surface area (Å²) < 4.78 is 0. The van der Waals surface area contributed by atoms with E-state index in [-0.39, 0.29) is 5.41 Å². The zero-order valence-corrected chi connectivity index (χ0v) is 11.0. The van der Waals surface area contributed by atoms with Gasteiger partial charge in [0, 0.05) is 19.5 Å². The minimum Gasteiger partial charge on any atom is -0.338 e. The number of nitrogens with zero attached hydrogens (tertiary/aromatic N) is 1. The molecule has 0 bridgehead atoms. The van der Waals surface area contributed by atoms with E-state index in [1.165, 1.54) is 11.1 Å². The van der Waals surface area contributed by atoms with Crippen molar-refractivity contribution in [3.8, 4) is 0 Å². The highest BCUT2D eigenvalue weighted by Gasteiger charge is 2.20. The molecule has 2 rings (SSSR count). The highest BCUT2D eigenvalue weighted by Crippen LogP contribution is 2.23. The Balaban J connectivity index is 2.06. The predicted molar refractivity (Wildman–Crippen MR) is 69.8 cm³/mol. The van der Waals surface area contributed by atoms with Crippen LogP contribution < -0.4 is 0 Å². The first kappa shape index (κ1) is 12.2. The molecule has 0 spiro atoms. The lowest BCUT2D eigenvalue weighted by molar-refractivity contribution is -0.128. The highest BCUT2D eigenvalue weighted by atomic mass is 16.2. The van der Waals surface area contributed by atoms with Gasteiger partial charge in [0.2, 0.25) is 5.91 Å². The molecule has 1 aliphatic heterocycles. The van der Waals surface area contributed by atoms with Crippen molar-refractivity contribution in [2.75, 3.05) is 6.54 Å². The van der Waals surface area contributed by atoms with Crippen molar-refractivity contribution in [2.45, 2.75) is 45.6 Å². The molecule has 2 heteroatoms. The number of carbonyl (C=O) groups excluding carboxylic acids is 1. The molecule has 0 aliphatic carbocycles. The molecule has 1 saturated heterocycles. The van der Waals surface area contributed by atoms with E-state index in [0.717, 1.165) is 25.9 Å². The summed E-state index contributed by atoms with van der Waals surface area (Å²) in [5, 5.41) is 0. The SMILES string of the molecule is CC(C)(C)c1ccc(CN2CCCC2=O)cc1. The average Bonchev–Trinajstić information content (AvgIpc) is 2.64. The fraction of sp³-hybridized carbons (Fsp3) is 0.533. The number of likely N-dealkylation sites (tertiary alicyclic amines) is 1. The third-order valence-electron chi connectivity index (χ3n) is 3.36. The number of hydrogen-bond acceptors (Lipinski definition) is 1. The maximum Gasteiger partial charge on any atom is 0.222 e. The topological polar surface area (TPSA) is 20.3 Å². The van der Waals surface area contributed by atoms with Crippen LogP contribution in [0.3, 0.4) is 0 Å². The minimum atomic E-state index is 0.196. The molecule has 0 radical (unpaired) electrons. The van der Waals surface area contributed by atoms with Crippen LogP contribution in [0.5, 0.6) is 0 Å². The molecule has 17 heavy (non-hydrogen) atoms. The molecular formula is C15H21NO. The summed E-state index contributed by atoms with van der Waals surface area (Å²) in [5.74, 6) is 0.296. The average molecular weight is 231 g/mol. The van der Waals surface area contributed by atoms with Gasteiger partial charge in [0.05, 0.1) is 0 Å². The fourth-order valence-electron chi connectivity index (χ4n) is 2.20. The van der Waals surface area contributed by atoms with E-state index in [1.807, 2.05) is 4.90 Å². The van der Waals surface area contributed by atoms with Gasteiger partial charge >= 0.3 is 0 Å². The van der Waals surface area contributed by atoms with Crippen molar-refractivity contribution in [1.82, 2.24) is 4.90 Å². The van der Waals surface area contributed by atoms with Crippen LogP contribution in [0, 0.1) is 0 Å². The van der Waals surface area contributed by atoms with Gasteiger partial charge in [-0.2, -0.15) is 0 Å². The largest absolute Gasteiger partial charge is 0.338 e. The second-order valence-electron chi connectivity index (χ2n) is 5.87. The smallest absolute Gasteiger partial charge is 0.222 e. The van der Waals surface area contributed by atoms with Crippen molar-refractivity contribution in [3.63, 3.8) is 0 Å². The number of hydrogen-bond donors (Lipinski definition) is 0. The van der Waals surface area contributed by atoms with Crippen LogP contribution >= 0.6 is 0 Å². The van der Waals surface area contributed by atoms with Crippen molar-refractivity contribution in [2.24, 2.45) is 0 Å². The predicted octanol–water partition coefficient (Wildman–Crippen LogP) is 3.11. The van der Waals surface area contributed by atoms with E-state index in [2.05, 4.69) is 45.0 Å². The van der Waals surface area contributed by atoms with Crippen LogP contribution in [0.4, 0.5) is 0 Å². The molecule has 92 valence electrons. The quantitative estimate of drug-likeness (QED) is 0.766. The lowest BCUT2D eigenvalue weighted by atomic mass is 9.87. The Labute approximate surface area is 104 Å². The van der Waals surface area contributed by atoms with E-state index < -0.39 is 0 Å². The van der Waals surface area contributed by atoms with Gasteiger partial charge in [-0.1, -0.05) is 45.0 Å². The van der Waals surface area contributed by atoms with E-state index in [9.17, 15) is 4.79 Å². The standard InChI is InChI=1S/C15H21NO/c1-15(2,3)13-8-6-12(7-9-13)11-16-10-4-5-14(16)17/h6-9H,4-5,10-11H2,1-3H3. The van der Waals surface area contributed by atoms with Gasteiger partial charge in [-0.3, -0.25) is 4.79 Å². The number of amides is 1. The third-order valence-corrected chi connectivity index (χ3v) is 3.36. The van der Waals surface area contributed by atoms with Gasteiger partial charge in [-0.05, 0) is 23.0 Å². The Morgan fingerprint density at radius 1 is 1.18 bits per heavy atom. The summed E-state index contributed by atoms with van der Waals surface area (Å²) in [6.07, 6.45) is 1.74. The van der Waals surface area contributed by atoms with Gasteiger partial charge in [0.1, 0.15) is 0 Å². The molecule has 0 N–H and O–H groups in total. The maximum absolute atomic E-state index is 11.5. The van der Waals surface area contributed by atoms with Crippen molar-refractivity contribution in [3.05, 3.63) is 35.4 Å². The molecule has 0 atom stereocenters. The monoisotopic (exact) mass is 231 g/mol. The van der Waals surface area contributed by atoms with Gasteiger partial charge in [-0.15, -0.1) is 0 Å². The molecule has 2 nitrogen and oxygen atoms in total. The molecular weight excluding hydrogens is 210 g/mol. The van der Waals surface area contributed by atoms with Gasteiger partial charge in [-0.25, -0.2) is 0 Å². The molecule has 1 aromatic carbocycles.